The first-order valence-electron chi connectivity index (χ1n) is 8.54. The fraction of sp³-hybridized carbons (Fsp3) is 0.938. The van der Waals surface area contributed by atoms with Gasteiger partial charge in [0.2, 0.25) is 0 Å². The van der Waals surface area contributed by atoms with Gasteiger partial charge in [0, 0.05) is 0 Å². The second kappa shape index (κ2) is 8.92. The molecule has 4 atom stereocenters. The van der Waals surface area contributed by atoms with Crippen LogP contribution in [0.25, 0.3) is 0 Å². The number of aliphatic hydroxyl groups is 1. The molecule has 2 saturated heterocycles. The molecular formula is C16H30NO7P. The zero-order chi connectivity index (χ0) is 19.3. The van der Waals surface area contributed by atoms with E-state index in [9.17, 15) is 9.67 Å². The summed E-state index contributed by atoms with van der Waals surface area (Å²) in [5.74, 6) is -0.627. The standard InChI is InChI=1S/C10H18O4.C6H12NO3P/c1-5-6-7-10(4,8(11)12-6)14-9(2,3)13-7;1-3-9-11(8,6-5-7)10-4-2/h6-8,11H,5H2,1-4H3;3-4,6H2,1-2H3/t6-,7-,8?,10-;/m1./s1. The minimum absolute atomic E-state index is 0.0724. The predicted octanol–water partition coefficient (Wildman–Crippen LogP) is 2.80. The van der Waals surface area contributed by atoms with Gasteiger partial charge in [-0.2, -0.15) is 5.26 Å². The lowest BCUT2D eigenvalue weighted by Crippen LogP contribution is -2.43. The van der Waals surface area contributed by atoms with E-state index in [0.717, 1.165) is 6.42 Å². The molecule has 8 nitrogen and oxygen atoms in total. The fourth-order valence-corrected chi connectivity index (χ4v) is 4.18. The largest absolute Gasteiger partial charge is 0.366 e. The third-order valence-electron chi connectivity index (χ3n) is 3.89. The Bertz CT molecular complexity index is 511. The van der Waals surface area contributed by atoms with Gasteiger partial charge in [0.15, 0.2) is 12.1 Å². The fourth-order valence-electron chi connectivity index (χ4n) is 2.96. The highest BCUT2D eigenvalue weighted by Crippen LogP contribution is 2.47. The van der Waals surface area contributed by atoms with Crippen LogP contribution in [0.2, 0.25) is 0 Å². The van der Waals surface area contributed by atoms with Crippen LogP contribution in [0.3, 0.4) is 0 Å². The van der Waals surface area contributed by atoms with Crippen LogP contribution in [0.5, 0.6) is 0 Å². The number of nitriles is 1. The van der Waals surface area contributed by atoms with Gasteiger partial charge in [-0.15, -0.1) is 0 Å². The molecule has 146 valence electrons. The topological polar surface area (TPSA) is 107 Å². The van der Waals surface area contributed by atoms with E-state index in [1.54, 1.807) is 19.9 Å². The smallest absolute Gasteiger partial charge is 0.344 e. The van der Waals surface area contributed by atoms with Crippen LogP contribution < -0.4 is 0 Å². The first-order chi connectivity index (χ1) is 11.6. The molecule has 0 amide bonds. The van der Waals surface area contributed by atoms with Gasteiger partial charge in [0.25, 0.3) is 0 Å². The van der Waals surface area contributed by atoms with Gasteiger partial charge < -0.3 is 28.4 Å². The minimum atomic E-state index is -3.08. The van der Waals surface area contributed by atoms with Gasteiger partial charge >= 0.3 is 7.60 Å². The first-order valence-corrected chi connectivity index (χ1v) is 10.3. The molecule has 0 spiro atoms. The van der Waals surface area contributed by atoms with Crippen LogP contribution >= 0.6 is 7.60 Å². The van der Waals surface area contributed by atoms with Crippen molar-refractivity contribution in [2.24, 2.45) is 0 Å². The Morgan fingerprint density at radius 1 is 1.20 bits per heavy atom. The number of nitrogens with zero attached hydrogens (tertiary/aromatic N) is 1. The van der Waals surface area contributed by atoms with E-state index >= 15 is 0 Å². The molecule has 0 saturated carbocycles. The molecule has 2 fully saturated rings. The summed E-state index contributed by atoms with van der Waals surface area (Å²) in [6.07, 6.45) is -0.487. The lowest BCUT2D eigenvalue weighted by molar-refractivity contribution is -0.242. The summed E-state index contributed by atoms with van der Waals surface area (Å²) < 4.78 is 37.8. The van der Waals surface area contributed by atoms with Crippen LogP contribution in [-0.2, 0) is 27.8 Å². The molecule has 0 aromatic rings. The van der Waals surface area contributed by atoms with Crippen LogP contribution in [0.1, 0.15) is 48.0 Å². The van der Waals surface area contributed by atoms with E-state index in [1.807, 2.05) is 27.7 Å². The number of ether oxygens (including phenoxy) is 3. The molecule has 2 rings (SSSR count). The maximum Gasteiger partial charge on any atom is 0.344 e. The molecule has 0 aromatic carbocycles. The summed E-state index contributed by atoms with van der Waals surface area (Å²) in [5, 5.41) is 18.0. The summed E-state index contributed by atoms with van der Waals surface area (Å²) >= 11 is 0. The van der Waals surface area contributed by atoms with Crippen molar-refractivity contribution in [1.82, 2.24) is 0 Å². The lowest BCUT2D eigenvalue weighted by atomic mass is 9.97. The Labute approximate surface area is 149 Å². The van der Waals surface area contributed by atoms with E-state index in [-0.39, 0.29) is 18.4 Å². The van der Waals surface area contributed by atoms with Gasteiger partial charge in [-0.25, -0.2) is 0 Å². The maximum atomic E-state index is 11.3. The molecule has 2 aliphatic rings. The minimum Gasteiger partial charge on any atom is -0.366 e. The second-order valence-electron chi connectivity index (χ2n) is 6.42. The molecule has 2 heterocycles. The van der Waals surface area contributed by atoms with Gasteiger partial charge in [-0.1, -0.05) is 6.92 Å². The van der Waals surface area contributed by atoms with Crippen molar-refractivity contribution in [3.8, 4) is 6.07 Å². The van der Waals surface area contributed by atoms with Crippen LogP contribution in [0.15, 0.2) is 0 Å². The summed E-state index contributed by atoms with van der Waals surface area (Å²) in [7, 11) is -3.08. The lowest BCUT2D eigenvalue weighted by Gasteiger charge is -2.25. The van der Waals surface area contributed by atoms with Gasteiger partial charge in [0.1, 0.15) is 17.9 Å². The first kappa shape index (κ1) is 22.5. The molecule has 1 unspecified atom stereocenters. The zero-order valence-corrected chi connectivity index (χ0v) is 16.7. The Morgan fingerprint density at radius 3 is 2.20 bits per heavy atom. The highest BCUT2D eigenvalue weighted by atomic mass is 31.2. The molecule has 2 aliphatic heterocycles. The quantitative estimate of drug-likeness (QED) is 0.702. The van der Waals surface area contributed by atoms with E-state index in [2.05, 4.69) is 0 Å². The highest BCUT2D eigenvalue weighted by Gasteiger charge is 2.62. The number of hydrogen-bond donors (Lipinski definition) is 1. The van der Waals surface area contributed by atoms with E-state index in [0.29, 0.717) is 13.2 Å². The highest BCUT2D eigenvalue weighted by molar-refractivity contribution is 7.54. The number of hydrogen-bond acceptors (Lipinski definition) is 8. The Morgan fingerprint density at radius 2 is 1.76 bits per heavy atom. The third kappa shape index (κ3) is 5.48. The van der Waals surface area contributed by atoms with Crippen molar-refractivity contribution >= 4 is 7.60 Å². The predicted molar refractivity (Wildman–Crippen MR) is 91.0 cm³/mol. The van der Waals surface area contributed by atoms with Crippen molar-refractivity contribution in [3.63, 3.8) is 0 Å². The van der Waals surface area contributed by atoms with Gasteiger partial charge in [-0.05, 0) is 41.0 Å². The van der Waals surface area contributed by atoms with E-state index in [4.69, 9.17) is 28.5 Å². The van der Waals surface area contributed by atoms with E-state index < -0.39 is 25.3 Å². The molecule has 1 N–H and O–H groups in total. The summed E-state index contributed by atoms with van der Waals surface area (Å²) in [5.41, 5.74) is -0.718. The van der Waals surface area contributed by atoms with Crippen molar-refractivity contribution in [2.45, 2.75) is 77.8 Å². The van der Waals surface area contributed by atoms with Crippen molar-refractivity contribution in [2.75, 3.05) is 19.4 Å². The Hall–Kier alpha value is -0.520. The summed E-state index contributed by atoms with van der Waals surface area (Å²) in [4.78, 5) is 0. The Kier molecular flexibility index (Phi) is 8.03. The normalized spacial score (nSPS) is 33.3. The van der Waals surface area contributed by atoms with Crippen molar-refractivity contribution < 1.29 is 32.9 Å². The average Bonchev–Trinajstić information content (AvgIpc) is 2.88. The SMILES string of the molecule is CCOP(=O)(CC#N)OCC.CC[C@H]1OC(O)[C@]2(C)OC(C)(C)O[C@H]12. The molecular weight excluding hydrogens is 349 g/mol. The third-order valence-corrected chi connectivity index (χ3v) is 5.72. The maximum absolute atomic E-state index is 11.3. The van der Waals surface area contributed by atoms with Crippen LogP contribution in [-0.4, -0.2) is 54.4 Å². The number of aliphatic hydroxyl groups excluding tert-OH is 1. The average molecular weight is 379 g/mol. The Balaban J connectivity index is 0.000000260. The molecule has 9 heteroatoms. The van der Waals surface area contributed by atoms with Crippen molar-refractivity contribution in [1.29, 1.82) is 5.26 Å². The molecule has 0 aliphatic carbocycles. The van der Waals surface area contributed by atoms with E-state index in [1.165, 1.54) is 0 Å². The second-order valence-corrected chi connectivity index (χ2v) is 8.48. The number of rotatable bonds is 6. The molecule has 25 heavy (non-hydrogen) atoms. The van der Waals surface area contributed by atoms with Crippen molar-refractivity contribution in [3.05, 3.63) is 0 Å². The molecule has 0 radical (unpaired) electrons. The van der Waals surface area contributed by atoms with Crippen LogP contribution in [0, 0.1) is 11.3 Å². The van der Waals surface area contributed by atoms with Gasteiger partial charge in [-0.3, -0.25) is 4.57 Å². The van der Waals surface area contributed by atoms with Gasteiger partial charge in [0.05, 0.1) is 25.4 Å². The summed E-state index contributed by atoms with van der Waals surface area (Å²) in [6, 6.07) is 1.76. The van der Waals surface area contributed by atoms with Crippen LogP contribution in [0.4, 0.5) is 0 Å². The monoisotopic (exact) mass is 379 g/mol. The summed E-state index contributed by atoms with van der Waals surface area (Å²) in [6.45, 7) is 11.6. The molecule has 0 aromatic heterocycles. The zero-order valence-electron chi connectivity index (χ0n) is 15.9. The molecule has 0 bridgehead atoms. The number of fused-ring (bicyclic) bond motifs is 1.